The van der Waals surface area contributed by atoms with Crippen LogP contribution in [0.1, 0.15) is 16.7 Å². The van der Waals surface area contributed by atoms with Crippen molar-refractivity contribution in [2.75, 3.05) is 0 Å². The molecule has 0 aliphatic carbocycles. The number of aryl methyl sites for hydroxylation is 3. The number of aromatic nitrogens is 2. The molecule has 0 saturated heterocycles. The van der Waals surface area contributed by atoms with Gasteiger partial charge in [0.05, 0.1) is 11.9 Å². The summed E-state index contributed by atoms with van der Waals surface area (Å²) in [5.41, 5.74) is 5.24. The first kappa shape index (κ1) is 12.7. The Morgan fingerprint density at radius 1 is 1.17 bits per heavy atom. The molecule has 2 N–H and O–H groups in total. The van der Waals surface area contributed by atoms with Gasteiger partial charge in [-0.25, -0.2) is 0 Å². The molecular formula is C12H15BN2O3. The van der Waals surface area contributed by atoms with Crippen molar-refractivity contribution in [2.24, 2.45) is 0 Å². The fourth-order valence-corrected chi connectivity index (χ4v) is 2.18. The fourth-order valence-electron chi connectivity index (χ4n) is 2.18. The molecule has 6 heteroatoms. The first-order valence-electron chi connectivity index (χ1n) is 5.64. The van der Waals surface area contributed by atoms with Crippen LogP contribution >= 0.6 is 0 Å². The van der Waals surface area contributed by atoms with Gasteiger partial charge in [-0.3, -0.25) is 0 Å². The van der Waals surface area contributed by atoms with E-state index in [1.54, 1.807) is 6.07 Å². The Balaban J connectivity index is 2.40. The summed E-state index contributed by atoms with van der Waals surface area (Å²) in [5, 5.41) is 21.6. The van der Waals surface area contributed by atoms with Crippen LogP contribution in [0.5, 0.6) is 0 Å². The molecular weight excluding hydrogens is 231 g/mol. The van der Waals surface area contributed by atoms with Crippen LogP contribution in [0.2, 0.25) is 0 Å². The molecule has 0 radical (unpaired) electrons. The van der Waals surface area contributed by atoms with Gasteiger partial charge in [-0.15, -0.1) is 9.94 Å². The van der Waals surface area contributed by atoms with Gasteiger partial charge in [-0.1, -0.05) is 17.7 Å². The zero-order chi connectivity index (χ0) is 13.3. The van der Waals surface area contributed by atoms with Crippen molar-refractivity contribution in [3.05, 3.63) is 41.1 Å². The Hall–Kier alpha value is -1.79. The van der Waals surface area contributed by atoms with Crippen molar-refractivity contribution < 1.29 is 14.8 Å². The molecule has 0 amide bonds. The SMILES string of the molecule is Cc1cc(C)c(-c2ccn(OB(O)O)n2)c(C)c1. The number of benzene rings is 1. The van der Waals surface area contributed by atoms with Crippen LogP contribution < -0.4 is 4.76 Å². The Kier molecular flexibility index (Phi) is 3.40. The second-order valence-electron chi connectivity index (χ2n) is 4.31. The van der Waals surface area contributed by atoms with Gasteiger partial charge in [-0.05, 0) is 38.0 Å². The van der Waals surface area contributed by atoms with Crippen LogP contribution in [0.3, 0.4) is 0 Å². The van der Waals surface area contributed by atoms with E-state index in [0.29, 0.717) is 0 Å². The summed E-state index contributed by atoms with van der Waals surface area (Å²) in [7, 11) is -1.88. The third-order valence-electron chi connectivity index (χ3n) is 2.70. The van der Waals surface area contributed by atoms with Gasteiger partial charge in [0.2, 0.25) is 0 Å². The van der Waals surface area contributed by atoms with Gasteiger partial charge in [-0.2, -0.15) is 0 Å². The summed E-state index contributed by atoms with van der Waals surface area (Å²) in [5.74, 6) is 0. The monoisotopic (exact) mass is 246 g/mol. The fraction of sp³-hybridized carbons (Fsp3) is 0.250. The van der Waals surface area contributed by atoms with Crippen LogP contribution in [0.15, 0.2) is 24.4 Å². The molecule has 0 aliphatic heterocycles. The molecule has 0 fully saturated rings. The predicted octanol–water partition coefficient (Wildman–Crippen LogP) is 0.873. The minimum atomic E-state index is -1.88. The van der Waals surface area contributed by atoms with Crippen molar-refractivity contribution >= 4 is 7.32 Å². The Labute approximate surface area is 106 Å². The highest BCUT2D eigenvalue weighted by atomic mass is 16.7. The van der Waals surface area contributed by atoms with Crippen molar-refractivity contribution in [3.63, 3.8) is 0 Å². The van der Waals surface area contributed by atoms with Gasteiger partial charge in [0, 0.05) is 5.56 Å². The topological polar surface area (TPSA) is 67.5 Å². The molecule has 1 aromatic heterocycles. The third-order valence-corrected chi connectivity index (χ3v) is 2.70. The Bertz CT molecular complexity index is 543. The van der Waals surface area contributed by atoms with Crippen LogP contribution in [0, 0.1) is 20.8 Å². The Morgan fingerprint density at radius 3 is 2.33 bits per heavy atom. The first-order chi connectivity index (χ1) is 8.47. The number of hydrogen-bond acceptors (Lipinski definition) is 4. The number of nitrogens with zero attached hydrogens (tertiary/aromatic N) is 2. The van der Waals surface area contributed by atoms with E-state index in [1.807, 2.05) is 20.8 Å². The van der Waals surface area contributed by atoms with Crippen molar-refractivity contribution in [3.8, 4) is 11.3 Å². The summed E-state index contributed by atoms with van der Waals surface area (Å²) >= 11 is 0. The molecule has 94 valence electrons. The lowest BCUT2D eigenvalue weighted by Crippen LogP contribution is -2.29. The molecule has 18 heavy (non-hydrogen) atoms. The maximum Gasteiger partial charge on any atom is 0.729 e. The van der Waals surface area contributed by atoms with Gasteiger partial charge >= 0.3 is 7.32 Å². The minimum absolute atomic E-state index is 0.741. The summed E-state index contributed by atoms with van der Waals surface area (Å²) in [6, 6.07) is 5.94. The third kappa shape index (κ3) is 2.55. The van der Waals surface area contributed by atoms with Crippen molar-refractivity contribution in [2.45, 2.75) is 20.8 Å². The number of hydrogen-bond donors (Lipinski definition) is 2. The van der Waals surface area contributed by atoms with Gasteiger partial charge < -0.3 is 14.8 Å². The highest BCUT2D eigenvalue weighted by molar-refractivity contribution is 6.32. The highest BCUT2D eigenvalue weighted by Gasteiger charge is 2.14. The van der Waals surface area contributed by atoms with Gasteiger partial charge in [0.15, 0.2) is 0 Å². The standard InChI is InChI=1S/C12H15BN2O3/c1-8-6-9(2)12(10(3)7-8)11-4-5-15(14-11)18-13(16)17/h4-7,16-17H,1-3H3. The molecule has 0 spiro atoms. The maximum atomic E-state index is 8.70. The van der Waals surface area contributed by atoms with E-state index in [4.69, 9.17) is 10.0 Å². The first-order valence-corrected chi connectivity index (χ1v) is 5.64. The second kappa shape index (κ2) is 4.84. The van der Waals surface area contributed by atoms with E-state index < -0.39 is 7.32 Å². The molecule has 0 unspecified atom stereocenters. The zero-order valence-corrected chi connectivity index (χ0v) is 10.6. The van der Waals surface area contributed by atoms with Crippen LogP contribution in [-0.2, 0) is 0 Å². The van der Waals surface area contributed by atoms with E-state index in [9.17, 15) is 0 Å². The molecule has 5 nitrogen and oxygen atoms in total. The summed E-state index contributed by atoms with van der Waals surface area (Å²) in [6.07, 6.45) is 1.54. The Morgan fingerprint density at radius 2 is 1.78 bits per heavy atom. The lowest BCUT2D eigenvalue weighted by Gasteiger charge is -2.09. The summed E-state index contributed by atoms with van der Waals surface area (Å²) in [4.78, 5) is 1.04. The average Bonchev–Trinajstić information content (AvgIpc) is 2.63. The zero-order valence-electron chi connectivity index (χ0n) is 10.6. The quantitative estimate of drug-likeness (QED) is 0.788. The number of rotatable bonds is 3. The molecule has 0 bridgehead atoms. The average molecular weight is 246 g/mol. The van der Waals surface area contributed by atoms with Crippen LogP contribution in [0.25, 0.3) is 11.3 Å². The van der Waals surface area contributed by atoms with Crippen molar-refractivity contribution in [1.82, 2.24) is 9.94 Å². The maximum absolute atomic E-state index is 8.70. The predicted molar refractivity (Wildman–Crippen MR) is 68.6 cm³/mol. The van der Waals surface area contributed by atoms with E-state index in [1.165, 1.54) is 11.8 Å². The minimum Gasteiger partial charge on any atom is -0.405 e. The van der Waals surface area contributed by atoms with Gasteiger partial charge in [0.1, 0.15) is 0 Å². The largest absolute Gasteiger partial charge is 0.729 e. The lowest BCUT2D eigenvalue weighted by molar-refractivity contribution is 0.141. The van der Waals surface area contributed by atoms with E-state index >= 15 is 0 Å². The van der Waals surface area contributed by atoms with Crippen LogP contribution in [0.4, 0.5) is 0 Å². The molecule has 1 aromatic carbocycles. The summed E-state index contributed by atoms with van der Waals surface area (Å²) in [6.45, 7) is 6.10. The second-order valence-corrected chi connectivity index (χ2v) is 4.31. The molecule has 2 rings (SSSR count). The molecule has 2 aromatic rings. The normalized spacial score (nSPS) is 10.5. The van der Waals surface area contributed by atoms with E-state index in [0.717, 1.165) is 27.2 Å². The lowest BCUT2D eigenvalue weighted by atomic mass is 9.98. The van der Waals surface area contributed by atoms with E-state index in [-0.39, 0.29) is 0 Å². The molecule has 0 aliphatic rings. The smallest absolute Gasteiger partial charge is 0.405 e. The molecule has 0 saturated carbocycles. The van der Waals surface area contributed by atoms with Gasteiger partial charge in [0.25, 0.3) is 0 Å². The van der Waals surface area contributed by atoms with Crippen molar-refractivity contribution in [1.29, 1.82) is 0 Å². The highest BCUT2D eigenvalue weighted by Crippen LogP contribution is 2.26. The molecule has 1 heterocycles. The van der Waals surface area contributed by atoms with E-state index in [2.05, 4.69) is 22.0 Å². The van der Waals surface area contributed by atoms with Crippen LogP contribution in [-0.4, -0.2) is 27.3 Å². The molecule has 0 atom stereocenters. The summed E-state index contributed by atoms with van der Waals surface area (Å²) < 4.78 is 4.64.